The van der Waals surface area contributed by atoms with Crippen LogP contribution in [0, 0.1) is 0 Å². The van der Waals surface area contributed by atoms with Gasteiger partial charge in [-0.3, -0.25) is 4.79 Å². The molecule has 0 saturated carbocycles. The number of carbonyl (C=O) groups excluding carboxylic acids is 1. The van der Waals surface area contributed by atoms with Crippen molar-refractivity contribution in [3.63, 3.8) is 0 Å². The van der Waals surface area contributed by atoms with Gasteiger partial charge in [-0.1, -0.05) is 38.8 Å². The second-order valence-electron chi connectivity index (χ2n) is 4.77. The van der Waals surface area contributed by atoms with Crippen molar-refractivity contribution in [1.82, 2.24) is 5.43 Å². The van der Waals surface area contributed by atoms with Crippen LogP contribution in [0.1, 0.15) is 39.5 Å². The van der Waals surface area contributed by atoms with Crippen LogP contribution in [0.2, 0.25) is 0 Å². The zero-order valence-corrected chi connectivity index (χ0v) is 13.1. The molecule has 0 spiro atoms. The molecule has 0 aliphatic rings. The third-order valence-electron chi connectivity index (χ3n) is 2.96. The van der Waals surface area contributed by atoms with Gasteiger partial charge in [-0.15, -0.1) is 0 Å². The van der Waals surface area contributed by atoms with E-state index in [1.54, 1.807) is 7.11 Å². The van der Waals surface area contributed by atoms with Crippen LogP contribution in [-0.4, -0.2) is 25.3 Å². The van der Waals surface area contributed by atoms with Gasteiger partial charge in [0, 0.05) is 5.71 Å². The summed E-state index contributed by atoms with van der Waals surface area (Å²) in [5.74, 6) is 0.553. The number of amides is 1. The van der Waals surface area contributed by atoms with Crippen molar-refractivity contribution in [3.05, 3.63) is 24.3 Å². The number of hydrazone groups is 1. The summed E-state index contributed by atoms with van der Waals surface area (Å²) in [7, 11) is 1.60. The number of hydrogen-bond donors (Lipinski definition) is 2. The van der Waals surface area contributed by atoms with E-state index in [4.69, 9.17) is 4.74 Å². The maximum Gasteiger partial charge on any atom is 0.259 e. The molecule has 0 radical (unpaired) electrons. The number of benzene rings is 1. The number of anilines is 1. The SMILES string of the molecule is CCCC(CCC)=NNC(=O)CNc1ccccc1OC. The third-order valence-corrected chi connectivity index (χ3v) is 2.96. The molecule has 2 N–H and O–H groups in total. The van der Waals surface area contributed by atoms with Gasteiger partial charge in [-0.25, -0.2) is 5.43 Å². The average Bonchev–Trinajstić information content (AvgIpc) is 2.51. The Labute approximate surface area is 126 Å². The molecule has 0 aromatic heterocycles. The smallest absolute Gasteiger partial charge is 0.259 e. The Kier molecular flexibility index (Phi) is 7.94. The Morgan fingerprint density at radius 2 is 1.86 bits per heavy atom. The zero-order chi connectivity index (χ0) is 15.5. The normalized spacial score (nSPS) is 9.86. The number of ether oxygens (including phenoxy) is 1. The number of para-hydroxylation sites is 2. The maximum absolute atomic E-state index is 11.8. The van der Waals surface area contributed by atoms with E-state index >= 15 is 0 Å². The molecule has 0 bridgehead atoms. The van der Waals surface area contributed by atoms with Crippen LogP contribution in [0.3, 0.4) is 0 Å². The summed E-state index contributed by atoms with van der Waals surface area (Å²) in [6.07, 6.45) is 3.92. The number of nitrogens with one attached hydrogen (secondary N) is 2. The predicted octanol–water partition coefficient (Wildman–Crippen LogP) is 3.18. The number of carbonyl (C=O) groups is 1. The molecule has 0 unspecified atom stereocenters. The highest BCUT2D eigenvalue weighted by atomic mass is 16.5. The maximum atomic E-state index is 11.8. The Balaban J connectivity index is 2.48. The molecule has 1 rings (SSSR count). The number of hydrogen-bond acceptors (Lipinski definition) is 4. The first kappa shape index (κ1) is 17.0. The van der Waals surface area contributed by atoms with E-state index in [2.05, 4.69) is 29.7 Å². The van der Waals surface area contributed by atoms with Crippen molar-refractivity contribution >= 4 is 17.3 Å². The minimum absolute atomic E-state index is 0.161. The fourth-order valence-electron chi connectivity index (χ4n) is 1.96. The van der Waals surface area contributed by atoms with E-state index < -0.39 is 0 Å². The first-order valence-corrected chi connectivity index (χ1v) is 7.42. The first-order valence-electron chi connectivity index (χ1n) is 7.42. The van der Waals surface area contributed by atoms with Gasteiger partial charge in [0.1, 0.15) is 5.75 Å². The van der Waals surface area contributed by atoms with Crippen LogP contribution in [0.5, 0.6) is 5.75 Å². The van der Waals surface area contributed by atoms with Crippen molar-refractivity contribution in [2.24, 2.45) is 5.10 Å². The molecule has 116 valence electrons. The molecule has 21 heavy (non-hydrogen) atoms. The van der Waals surface area contributed by atoms with Gasteiger partial charge < -0.3 is 10.1 Å². The fraction of sp³-hybridized carbons (Fsp3) is 0.500. The molecule has 0 atom stereocenters. The molecule has 5 nitrogen and oxygen atoms in total. The second-order valence-corrected chi connectivity index (χ2v) is 4.77. The standard InChI is InChI=1S/C16H25N3O2/c1-4-8-13(9-5-2)18-19-16(20)12-17-14-10-6-7-11-15(14)21-3/h6-7,10-11,17H,4-5,8-9,12H2,1-3H3,(H,19,20). The van der Waals surface area contributed by atoms with Gasteiger partial charge in [-0.2, -0.15) is 5.10 Å². The number of methoxy groups -OCH3 is 1. The van der Waals surface area contributed by atoms with Crippen molar-refractivity contribution < 1.29 is 9.53 Å². The summed E-state index contributed by atoms with van der Waals surface area (Å²) in [4.78, 5) is 11.8. The highest BCUT2D eigenvalue weighted by Crippen LogP contribution is 2.22. The minimum atomic E-state index is -0.161. The molecular formula is C16H25N3O2. The van der Waals surface area contributed by atoms with Crippen molar-refractivity contribution in [1.29, 1.82) is 0 Å². The quantitative estimate of drug-likeness (QED) is 0.542. The molecule has 0 aliphatic heterocycles. The van der Waals surface area contributed by atoms with Gasteiger partial charge in [0.2, 0.25) is 0 Å². The molecule has 0 aliphatic carbocycles. The first-order chi connectivity index (χ1) is 10.2. The lowest BCUT2D eigenvalue weighted by molar-refractivity contribution is -0.119. The van der Waals surface area contributed by atoms with Crippen molar-refractivity contribution in [2.75, 3.05) is 19.0 Å². The van der Waals surface area contributed by atoms with Crippen LogP contribution in [0.25, 0.3) is 0 Å². The van der Waals surface area contributed by atoms with Gasteiger partial charge in [-0.05, 0) is 25.0 Å². The van der Waals surface area contributed by atoms with Crippen molar-refractivity contribution in [2.45, 2.75) is 39.5 Å². The molecule has 0 heterocycles. The topological polar surface area (TPSA) is 62.7 Å². The van der Waals surface area contributed by atoms with Crippen LogP contribution in [-0.2, 0) is 4.79 Å². The second kappa shape index (κ2) is 9.80. The van der Waals surface area contributed by atoms with E-state index in [1.165, 1.54) is 0 Å². The summed E-state index contributed by atoms with van der Waals surface area (Å²) < 4.78 is 5.22. The molecule has 1 aromatic rings. The Bertz CT molecular complexity index is 464. The largest absolute Gasteiger partial charge is 0.495 e. The summed E-state index contributed by atoms with van der Waals surface area (Å²) in [5, 5.41) is 7.25. The summed E-state index contributed by atoms with van der Waals surface area (Å²) >= 11 is 0. The van der Waals surface area contributed by atoms with E-state index in [-0.39, 0.29) is 12.5 Å². The fourth-order valence-corrected chi connectivity index (χ4v) is 1.96. The van der Waals surface area contributed by atoms with Crippen LogP contribution < -0.4 is 15.5 Å². The minimum Gasteiger partial charge on any atom is -0.495 e. The monoisotopic (exact) mass is 291 g/mol. The van der Waals surface area contributed by atoms with E-state index in [0.29, 0.717) is 5.75 Å². The number of nitrogens with zero attached hydrogens (tertiary/aromatic N) is 1. The van der Waals surface area contributed by atoms with Crippen LogP contribution >= 0.6 is 0 Å². The lowest BCUT2D eigenvalue weighted by Crippen LogP contribution is -2.27. The molecule has 0 fully saturated rings. The third kappa shape index (κ3) is 6.29. The zero-order valence-electron chi connectivity index (χ0n) is 13.1. The Morgan fingerprint density at radius 3 is 2.48 bits per heavy atom. The van der Waals surface area contributed by atoms with E-state index in [0.717, 1.165) is 37.1 Å². The van der Waals surface area contributed by atoms with E-state index in [1.807, 2.05) is 24.3 Å². The summed E-state index contributed by atoms with van der Waals surface area (Å²) in [5.41, 5.74) is 4.45. The molecule has 1 aromatic carbocycles. The van der Waals surface area contributed by atoms with Gasteiger partial charge in [0.05, 0.1) is 19.3 Å². The van der Waals surface area contributed by atoms with Crippen molar-refractivity contribution in [3.8, 4) is 5.75 Å². The molecule has 1 amide bonds. The molecule has 0 saturated heterocycles. The van der Waals surface area contributed by atoms with Crippen LogP contribution in [0.15, 0.2) is 29.4 Å². The Morgan fingerprint density at radius 1 is 1.19 bits per heavy atom. The molecular weight excluding hydrogens is 266 g/mol. The predicted molar refractivity (Wildman–Crippen MR) is 86.9 cm³/mol. The number of rotatable bonds is 9. The van der Waals surface area contributed by atoms with Crippen LogP contribution in [0.4, 0.5) is 5.69 Å². The lowest BCUT2D eigenvalue weighted by Gasteiger charge is -2.10. The average molecular weight is 291 g/mol. The van der Waals surface area contributed by atoms with E-state index in [9.17, 15) is 4.79 Å². The molecule has 5 heteroatoms. The van der Waals surface area contributed by atoms with Gasteiger partial charge >= 0.3 is 0 Å². The summed E-state index contributed by atoms with van der Waals surface area (Å²) in [6, 6.07) is 7.49. The van der Waals surface area contributed by atoms with Gasteiger partial charge in [0.25, 0.3) is 5.91 Å². The van der Waals surface area contributed by atoms with Gasteiger partial charge in [0.15, 0.2) is 0 Å². The highest BCUT2D eigenvalue weighted by molar-refractivity contribution is 5.87. The Hall–Kier alpha value is -2.04. The lowest BCUT2D eigenvalue weighted by atomic mass is 10.1. The highest BCUT2D eigenvalue weighted by Gasteiger charge is 2.05. The summed E-state index contributed by atoms with van der Waals surface area (Å²) in [6.45, 7) is 4.38.